The molecule has 0 aliphatic carbocycles. The Labute approximate surface area is 123 Å². The monoisotopic (exact) mass is 317 g/mol. The molecule has 2 heterocycles. The number of nitrogens with two attached hydrogens (primary N) is 1. The van der Waals surface area contributed by atoms with Crippen molar-refractivity contribution in [3.8, 4) is 0 Å². The van der Waals surface area contributed by atoms with Gasteiger partial charge in [-0.25, -0.2) is 5.14 Å². The van der Waals surface area contributed by atoms with Crippen molar-refractivity contribution in [1.82, 2.24) is 9.21 Å². The van der Waals surface area contributed by atoms with E-state index in [0.717, 1.165) is 12.8 Å². The Morgan fingerprint density at radius 1 is 1.30 bits per heavy atom. The van der Waals surface area contributed by atoms with Gasteiger partial charge in [0.2, 0.25) is 5.91 Å². The molecule has 1 aliphatic heterocycles. The number of amides is 1. The first-order valence-electron chi connectivity index (χ1n) is 6.55. The fourth-order valence-corrected chi connectivity index (χ4v) is 3.64. The number of aryl methyl sites for hydroxylation is 1. The van der Waals surface area contributed by atoms with E-state index in [1.165, 1.54) is 9.18 Å². The SMILES string of the molecule is NS(=O)(=O)N1CCN(C(=O)CCCc2cccs2)CC1. The zero-order valence-electron chi connectivity index (χ0n) is 11.2. The molecule has 0 aromatic carbocycles. The van der Waals surface area contributed by atoms with E-state index < -0.39 is 10.2 Å². The molecule has 1 fully saturated rings. The topological polar surface area (TPSA) is 83.7 Å². The molecule has 0 spiro atoms. The quantitative estimate of drug-likeness (QED) is 0.854. The van der Waals surface area contributed by atoms with Crippen LogP contribution < -0.4 is 5.14 Å². The number of carbonyl (C=O) groups is 1. The Kier molecular flexibility index (Phi) is 5.14. The van der Waals surface area contributed by atoms with Crippen LogP contribution in [0.2, 0.25) is 0 Å². The van der Waals surface area contributed by atoms with Crippen LogP contribution >= 0.6 is 11.3 Å². The van der Waals surface area contributed by atoms with Crippen LogP contribution in [0.5, 0.6) is 0 Å². The average Bonchev–Trinajstić information content (AvgIpc) is 2.91. The zero-order valence-corrected chi connectivity index (χ0v) is 12.8. The number of carbonyl (C=O) groups excluding carboxylic acids is 1. The summed E-state index contributed by atoms with van der Waals surface area (Å²) >= 11 is 1.70. The second-order valence-corrected chi connectivity index (χ2v) is 7.34. The van der Waals surface area contributed by atoms with Gasteiger partial charge in [0.05, 0.1) is 0 Å². The Hall–Kier alpha value is -0.960. The van der Waals surface area contributed by atoms with Crippen molar-refractivity contribution in [3.05, 3.63) is 22.4 Å². The maximum atomic E-state index is 12.0. The molecule has 8 heteroatoms. The summed E-state index contributed by atoms with van der Waals surface area (Å²) in [6, 6.07) is 4.08. The predicted octanol–water partition coefficient (Wildman–Crippen LogP) is 0.419. The van der Waals surface area contributed by atoms with E-state index >= 15 is 0 Å². The van der Waals surface area contributed by atoms with E-state index in [2.05, 4.69) is 6.07 Å². The Bertz CT molecular complexity index is 534. The van der Waals surface area contributed by atoms with Crippen LogP contribution in [0.3, 0.4) is 0 Å². The van der Waals surface area contributed by atoms with Crippen molar-refractivity contribution in [3.63, 3.8) is 0 Å². The minimum Gasteiger partial charge on any atom is -0.340 e. The van der Waals surface area contributed by atoms with Crippen molar-refractivity contribution < 1.29 is 13.2 Å². The van der Waals surface area contributed by atoms with Gasteiger partial charge in [-0.3, -0.25) is 4.79 Å². The van der Waals surface area contributed by atoms with Crippen LogP contribution in [-0.4, -0.2) is 49.7 Å². The molecule has 1 amide bonds. The predicted molar refractivity (Wildman–Crippen MR) is 78.5 cm³/mol. The van der Waals surface area contributed by atoms with Gasteiger partial charge in [-0.05, 0) is 24.3 Å². The fraction of sp³-hybridized carbons (Fsp3) is 0.583. The van der Waals surface area contributed by atoms with Gasteiger partial charge < -0.3 is 4.90 Å². The van der Waals surface area contributed by atoms with Crippen molar-refractivity contribution in [2.75, 3.05) is 26.2 Å². The average molecular weight is 317 g/mol. The molecule has 0 atom stereocenters. The van der Waals surface area contributed by atoms with Gasteiger partial charge in [0.1, 0.15) is 0 Å². The number of hydrogen-bond acceptors (Lipinski definition) is 4. The van der Waals surface area contributed by atoms with Crippen LogP contribution in [0, 0.1) is 0 Å². The van der Waals surface area contributed by atoms with E-state index in [0.29, 0.717) is 19.5 Å². The first kappa shape index (κ1) is 15.4. The van der Waals surface area contributed by atoms with Gasteiger partial charge in [0.15, 0.2) is 0 Å². The minimum absolute atomic E-state index is 0.0932. The molecular weight excluding hydrogens is 298 g/mol. The molecule has 2 rings (SSSR count). The summed E-state index contributed by atoms with van der Waals surface area (Å²) in [5.74, 6) is 0.0932. The first-order chi connectivity index (χ1) is 9.47. The van der Waals surface area contributed by atoms with E-state index in [9.17, 15) is 13.2 Å². The number of thiophene rings is 1. The highest BCUT2D eigenvalue weighted by Crippen LogP contribution is 2.13. The van der Waals surface area contributed by atoms with Crippen molar-refractivity contribution in [2.24, 2.45) is 5.14 Å². The molecule has 0 unspecified atom stereocenters. The van der Waals surface area contributed by atoms with Crippen molar-refractivity contribution in [1.29, 1.82) is 0 Å². The Morgan fingerprint density at radius 2 is 2.00 bits per heavy atom. The number of nitrogens with zero attached hydrogens (tertiary/aromatic N) is 2. The lowest BCUT2D eigenvalue weighted by atomic mass is 10.2. The second-order valence-electron chi connectivity index (χ2n) is 4.76. The van der Waals surface area contributed by atoms with Gasteiger partial charge in [-0.15, -0.1) is 11.3 Å². The molecule has 2 N–H and O–H groups in total. The van der Waals surface area contributed by atoms with Crippen molar-refractivity contribution in [2.45, 2.75) is 19.3 Å². The molecule has 1 saturated heterocycles. The molecule has 6 nitrogen and oxygen atoms in total. The van der Waals surface area contributed by atoms with Gasteiger partial charge in [-0.1, -0.05) is 6.07 Å². The molecule has 1 aliphatic rings. The third-order valence-corrected chi connectivity index (χ3v) is 5.37. The maximum absolute atomic E-state index is 12.0. The second kappa shape index (κ2) is 6.66. The number of rotatable bonds is 5. The summed E-state index contributed by atoms with van der Waals surface area (Å²) < 4.78 is 23.5. The van der Waals surface area contributed by atoms with Gasteiger partial charge >= 0.3 is 0 Å². The largest absolute Gasteiger partial charge is 0.340 e. The molecule has 0 saturated carbocycles. The van der Waals surface area contributed by atoms with Crippen LogP contribution in [0.4, 0.5) is 0 Å². The summed E-state index contributed by atoms with van der Waals surface area (Å²) in [6.45, 7) is 1.42. The van der Waals surface area contributed by atoms with E-state index in [1.807, 2.05) is 11.4 Å². The third kappa shape index (κ3) is 4.27. The van der Waals surface area contributed by atoms with Crippen LogP contribution in [0.1, 0.15) is 17.7 Å². The lowest BCUT2D eigenvalue weighted by molar-refractivity contribution is -0.132. The molecule has 1 aromatic rings. The molecule has 0 radical (unpaired) electrons. The van der Waals surface area contributed by atoms with Gasteiger partial charge in [0, 0.05) is 37.5 Å². The lowest BCUT2D eigenvalue weighted by Crippen LogP contribution is -2.52. The first-order valence-corrected chi connectivity index (χ1v) is 8.93. The molecule has 112 valence electrons. The van der Waals surface area contributed by atoms with Gasteiger partial charge in [-0.2, -0.15) is 12.7 Å². The minimum atomic E-state index is -3.62. The Balaban J connectivity index is 1.72. The Morgan fingerprint density at radius 3 is 2.55 bits per heavy atom. The summed E-state index contributed by atoms with van der Waals surface area (Å²) in [5.41, 5.74) is 0. The fourth-order valence-electron chi connectivity index (χ4n) is 2.22. The summed E-state index contributed by atoms with van der Waals surface area (Å²) in [6.07, 6.45) is 2.25. The smallest absolute Gasteiger partial charge is 0.277 e. The standard InChI is InChI=1S/C12H19N3O3S2/c13-20(17,18)15-8-6-14(7-9-15)12(16)5-1-3-11-4-2-10-19-11/h2,4,10H,1,3,5-9H2,(H2,13,17,18). The van der Waals surface area contributed by atoms with E-state index in [1.54, 1.807) is 16.2 Å². The molecule has 0 bridgehead atoms. The zero-order chi connectivity index (χ0) is 14.6. The third-order valence-electron chi connectivity index (χ3n) is 3.35. The van der Waals surface area contributed by atoms with Gasteiger partial charge in [0.25, 0.3) is 10.2 Å². The number of piperazine rings is 1. The summed E-state index contributed by atoms with van der Waals surface area (Å²) in [5, 5.41) is 7.09. The normalized spacial score (nSPS) is 17.4. The van der Waals surface area contributed by atoms with Crippen molar-refractivity contribution >= 4 is 27.5 Å². The highest BCUT2D eigenvalue weighted by Gasteiger charge is 2.25. The highest BCUT2D eigenvalue weighted by atomic mass is 32.2. The number of hydrogen-bond donors (Lipinski definition) is 1. The highest BCUT2D eigenvalue weighted by molar-refractivity contribution is 7.86. The van der Waals surface area contributed by atoms with Crippen LogP contribution in [0.25, 0.3) is 0 Å². The molecular formula is C12H19N3O3S2. The maximum Gasteiger partial charge on any atom is 0.277 e. The molecule has 1 aromatic heterocycles. The summed E-state index contributed by atoms with van der Waals surface area (Å²) in [4.78, 5) is 15.0. The van der Waals surface area contributed by atoms with E-state index in [-0.39, 0.29) is 19.0 Å². The van der Waals surface area contributed by atoms with Crippen LogP contribution in [-0.2, 0) is 21.4 Å². The summed E-state index contributed by atoms with van der Waals surface area (Å²) in [7, 11) is -3.62. The van der Waals surface area contributed by atoms with E-state index in [4.69, 9.17) is 5.14 Å². The lowest BCUT2D eigenvalue weighted by Gasteiger charge is -2.33. The molecule has 20 heavy (non-hydrogen) atoms. The van der Waals surface area contributed by atoms with Crippen LogP contribution in [0.15, 0.2) is 17.5 Å².